The van der Waals surface area contributed by atoms with Gasteiger partial charge in [0.05, 0.1) is 12.6 Å². The summed E-state index contributed by atoms with van der Waals surface area (Å²) in [5.74, 6) is 2.07. The van der Waals surface area contributed by atoms with Gasteiger partial charge in [0.25, 0.3) is 0 Å². The number of aryl methyl sites for hydroxylation is 2. The van der Waals surface area contributed by atoms with Crippen LogP contribution >= 0.6 is 0 Å². The van der Waals surface area contributed by atoms with Crippen molar-refractivity contribution in [3.63, 3.8) is 0 Å². The molecule has 1 amide bonds. The quantitative estimate of drug-likeness (QED) is 0.920. The third-order valence-corrected chi connectivity index (χ3v) is 5.26. The Balaban J connectivity index is 1.37. The number of carbonyl (C=O) groups excluding carboxylic acids is 1. The number of amides is 1. The van der Waals surface area contributed by atoms with Crippen molar-refractivity contribution in [3.05, 3.63) is 47.0 Å². The summed E-state index contributed by atoms with van der Waals surface area (Å²) in [7, 11) is 0. The van der Waals surface area contributed by atoms with E-state index in [0.29, 0.717) is 0 Å². The number of nitrogens with zero attached hydrogens (tertiary/aromatic N) is 4. The maximum absolute atomic E-state index is 12.9. The van der Waals surface area contributed by atoms with Gasteiger partial charge in [-0.2, -0.15) is 5.10 Å². The van der Waals surface area contributed by atoms with Crippen LogP contribution in [0.4, 0.5) is 0 Å². The van der Waals surface area contributed by atoms with E-state index in [1.165, 1.54) is 11.1 Å². The van der Waals surface area contributed by atoms with Crippen molar-refractivity contribution < 1.29 is 4.79 Å². The van der Waals surface area contributed by atoms with Crippen molar-refractivity contribution in [1.82, 2.24) is 25.0 Å². The molecule has 0 saturated heterocycles. The fourth-order valence-electron chi connectivity index (χ4n) is 3.95. The van der Waals surface area contributed by atoms with Crippen LogP contribution in [0.3, 0.4) is 0 Å². The highest BCUT2D eigenvalue weighted by atomic mass is 16.2. The molecule has 0 spiro atoms. The molecule has 2 aromatic rings. The van der Waals surface area contributed by atoms with E-state index in [1.54, 1.807) is 0 Å². The van der Waals surface area contributed by atoms with Crippen molar-refractivity contribution >= 4 is 5.91 Å². The largest absolute Gasteiger partial charge is 0.337 e. The first kappa shape index (κ1) is 16.3. The van der Waals surface area contributed by atoms with Crippen LogP contribution in [0.1, 0.15) is 36.1 Å². The first-order chi connectivity index (χ1) is 12.1. The van der Waals surface area contributed by atoms with Gasteiger partial charge in [0.1, 0.15) is 11.6 Å². The molecular formula is C19H25N5O. The lowest BCUT2D eigenvalue weighted by molar-refractivity contribution is -0.134. The summed E-state index contributed by atoms with van der Waals surface area (Å²) in [6.07, 6.45) is 2.86. The van der Waals surface area contributed by atoms with Gasteiger partial charge in [0.15, 0.2) is 0 Å². The van der Waals surface area contributed by atoms with E-state index < -0.39 is 0 Å². The van der Waals surface area contributed by atoms with E-state index in [1.807, 2.05) is 29.5 Å². The molecule has 0 unspecified atom stereocenters. The molecule has 0 aliphatic carbocycles. The minimum atomic E-state index is -0.179. The SMILES string of the molecule is Cc1nc2n(n1)C[C@H](N[C@@H](C)C(=O)N1CCc3ccccc3C1)CC2. The van der Waals surface area contributed by atoms with Gasteiger partial charge < -0.3 is 10.2 Å². The molecule has 0 bridgehead atoms. The fraction of sp³-hybridized carbons (Fsp3) is 0.526. The van der Waals surface area contributed by atoms with Gasteiger partial charge in [0.2, 0.25) is 5.91 Å². The number of hydrogen-bond donors (Lipinski definition) is 1. The number of nitrogens with one attached hydrogen (secondary N) is 1. The Morgan fingerprint density at radius 1 is 1.28 bits per heavy atom. The lowest BCUT2D eigenvalue weighted by Gasteiger charge is -2.33. The summed E-state index contributed by atoms with van der Waals surface area (Å²) >= 11 is 0. The average Bonchev–Trinajstić information content (AvgIpc) is 3.00. The van der Waals surface area contributed by atoms with Crippen molar-refractivity contribution in [2.45, 2.75) is 58.3 Å². The zero-order chi connectivity index (χ0) is 17.4. The second-order valence-corrected chi connectivity index (χ2v) is 7.16. The first-order valence-corrected chi connectivity index (χ1v) is 9.12. The van der Waals surface area contributed by atoms with E-state index in [-0.39, 0.29) is 18.0 Å². The Morgan fingerprint density at radius 2 is 2.08 bits per heavy atom. The van der Waals surface area contributed by atoms with Crippen LogP contribution in [0.15, 0.2) is 24.3 Å². The highest BCUT2D eigenvalue weighted by Gasteiger charge is 2.28. The van der Waals surface area contributed by atoms with Crippen LogP contribution in [-0.4, -0.2) is 44.2 Å². The van der Waals surface area contributed by atoms with Gasteiger partial charge in [-0.1, -0.05) is 24.3 Å². The molecule has 0 fully saturated rings. The summed E-state index contributed by atoms with van der Waals surface area (Å²) in [5, 5.41) is 7.95. The maximum atomic E-state index is 12.9. The molecule has 1 N–H and O–H groups in total. The normalized spacial score (nSPS) is 20.7. The smallest absolute Gasteiger partial charge is 0.239 e. The zero-order valence-corrected chi connectivity index (χ0v) is 14.9. The molecule has 0 radical (unpaired) electrons. The first-order valence-electron chi connectivity index (χ1n) is 9.12. The molecule has 2 atom stereocenters. The highest BCUT2D eigenvalue weighted by Crippen LogP contribution is 2.19. The molecular weight excluding hydrogens is 314 g/mol. The Kier molecular flexibility index (Phi) is 4.29. The van der Waals surface area contributed by atoms with Crippen molar-refractivity contribution in [2.75, 3.05) is 6.54 Å². The Labute approximate surface area is 148 Å². The molecule has 25 heavy (non-hydrogen) atoms. The summed E-state index contributed by atoms with van der Waals surface area (Å²) in [4.78, 5) is 19.3. The minimum absolute atomic E-state index is 0.179. The minimum Gasteiger partial charge on any atom is -0.337 e. The van der Waals surface area contributed by atoms with Crippen molar-refractivity contribution in [3.8, 4) is 0 Å². The summed E-state index contributed by atoms with van der Waals surface area (Å²) in [6, 6.07) is 8.50. The van der Waals surface area contributed by atoms with E-state index in [4.69, 9.17) is 0 Å². The Morgan fingerprint density at radius 3 is 2.92 bits per heavy atom. The maximum Gasteiger partial charge on any atom is 0.239 e. The zero-order valence-electron chi connectivity index (χ0n) is 14.9. The van der Waals surface area contributed by atoms with Crippen molar-refractivity contribution in [1.29, 1.82) is 0 Å². The number of rotatable bonds is 3. The monoisotopic (exact) mass is 339 g/mol. The molecule has 2 aliphatic heterocycles. The number of fused-ring (bicyclic) bond motifs is 2. The van der Waals surface area contributed by atoms with Crippen LogP contribution in [0.25, 0.3) is 0 Å². The van der Waals surface area contributed by atoms with Gasteiger partial charge in [-0.3, -0.25) is 4.79 Å². The molecule has 1 aromatic heterocycles. The molecule has 6 heteroatoms. The number of carbonyl (C=O) groups is 1. The Bertz CT molecular complexity index is 784. The third kappa shape index (κ3) is 3.31. The van der Waals surface area contributed by atoms with Crippen molar-refractivity contribution in [2.24, 2.45) is 0 Å². The third-order valence-electron chi connectivity index (χ3n) is 5.26. The van der Waals surface area contributed by atoms with E-state index in [2.05, 4.69) is 33.6 Å². The number of benzene rings is 1. The van der Waals surface area contributed by atoms with Crippen LogP contribution in [0.2, 0.25) is 0 Å². The van der Waals surface area contributed by atoms with Gasteiger partial charge in [-0.15, -0.1) is 0 Å². The van der Waals surface area contributed by atoms with E-state index >= 15 is 0 Å². The molecule has 2 aliphatic rings. The lowest BCUT2D eigenvalue weighted by Crippen LogP contribution is -2.51. The second kappa shape index (κ2) is 6.59. The van der Waals surface area contributed by atoms with Gasteiger partial charge >= 0.3 is 0 Å². The fourth-order valence-corrected chi connectivity index (χ4v) is 3.95. The van der Waals surface area contributed by atoms with E-state index in [0.717, 1.165) is 50.5 Å². The van der Waals surface area contributed by atoms with Gasteiger partial charge in [-0.25, -0.2) is 9.67 Å². The molecule has 132 valence electrons. The molecule has 0 saturated carbocycles. The van der Waals surface area contributed by atoms with Crippen LogP contribution in [-0.2, 0) is 30.7 Å². The summed E-state index contributed by atoms with van der Waals surface area (Å²) in [5.41, 5.74) is 2.64. The molecule has 3 heterocycles. The standard InChI is InChI=1S/C19H25N5O/c1-13(20-17-7-8-18-21-14(2)22-24(18)12-17)19(25)23-10-9-15-5-3-4-6-16(15)11-23/h3-6,13,17,20H,7-12H2,1-2H3/t13-,17+/m0/s1. The number of hydrogen-bond acceptors (Lipinski definition) is 4. The van der Waals surface area contributed by atoms with Crippen LogP contribution < -0.4 is 5.32 Å². The van der Waals surface area contributed by atoms with Crippen LogP contribution in [0, 0.1) is 6.92 Å². The van der Waals surface area contributed by atoms with E-state index in [9.17, 15) is 4.79 Å². The van der Waals surface area contributed by atoms with Gasteiger partial charge in [0, 0.05) is 25.6 Å². The second-order valence-electron chi connectivity index (χ2n) is 7.16. The lowest BCUT2D eigenvalue weighted by atomic mass is 9.99. The average molecular weight is 339 g/mol. The molecule has 4 rings (SSSR count). The summed E-state index contributed by atoms with van der Waals surface area (Å²) in [6.45, 7) is 6.22. The topological polar surface area (TPSA) is 63.1 Å². The highest BCUT2D eigenvalue weighted by molar-refractivity contribution is 5.81. The summed E-state index contributed by atoms with van der Waals surface area (Å²) < 4.78 is 1.98. The molecule has 6 nitrogen and oxygen atoms in total. The predicted molar refractivity (Wildman–Crippen MR) is 95.0 cm³/mol. The van der Waals surface area contributed by atoms with Gasteiger partial charge in [-0.05, 0) is 37.8 Å². The van der Waals surface area contributed by atoms with Crippen LogP contribution in [0.5, 0.6) is 0 Å². The molecule has 1 aromatic carbocycles. The number of aromatic nitrogens is 3. The predicted octanol–water partition coefficient (Wildman–Crippen LogP) is 1.46. The Hall–Kier alpha value is -2.21.